The Labute approximate surface area is 72.4 Å². The summed E-state index contributed by atoms with van der Waals surface area (Å²) in [6.07, 6.45) is 0. The molecule has 0 fully saturated rings. The molecular formula is C9H13ClO. The van der Waals surface area contributed by atoms with Gasteiger partial charge in [-0.15, -0.1) is 11.6 Å². The van der Waals surface area contributed by atoms with E-state index in [1.165, 1.54) is 0 Å². The zero-order chi connectivity index (χ0) is 8.43. The summed E-state index contributed by atoms with van der Waals surface area (Å²) in [7, 11) is 0. The molecule has 1 rings (SSSR count). The van der Waals surface area contributed by atoms with Gasteiger partial charge in [-0.2, -0.15) is 0 Å². The van der Waals surface area contributed by atoms with Crippen LogP contribution >= 0.6 is 11.6 Å². The van der Waals surface area contributed by atoms with Crippen LogP contribution in [-0.2, 0) is 0 Å². The molecule has 1 atom stereocenters. The van der Waals surface area contributed by atoms with Crippen LogP contribution < -0.4 is 0 Å². The number of rotatable bonds is 2. The Morgan fingerprint density at radius 1 is 1.36 bits per heavy atom. The smallest absolute Gasteiger partial charge is 0.122 e. The van der Waals surface area contributed by atoms with E-state index < -0.39 is 0 Å². The van der Waals surface area contributed by atoms with Crippen LogP contribution in [0.2, 0.25) is 0 Å². The van der Waals surface area contributed by atoms with Crippen LogP contribution in [0.25, 0.3) is 0 Å². The average molecular weight is 173 g/mol. The van der Waals surface area contributed by atoms with Gasteiger partial charge in [0.25, 0.3) is 0 Å². The van der Waals surface area contributed by atoms with Gasteiger partial charge in [0.2, 0.25) is 0 Å². The molecule has 0 N–H and O–H groups in total. The molecular weight excluding hydrogens is 160 g/mol. The Kier molecular flexibility index (Phi) is 2.61. The molecule has 62 valence electrons. The lowest BCUT2D eigenvalue weighted by Crippen LogP contribution is -1.96. The quantitative estimate of drug-likeness (QED) is 0.623. The van der Waals surface area contributed by atoms with Gasteiger partial charge in [0.05, 0.1) is 5.38 Å². The van der Waals surface area contributed by atoms with Crippen molar-refractivity contribution in [2.45, 2.75) is 26.1 Å². The minimum absolute atomic E-state index is 0.00343. The van der Waals surface area contributed by atoms with Crippen molar-refractivity contribution in [1.29, 1.82) is 0 Å². The van der Waals surface area contributed by atoms with Crippen LogP contribution in [0, 0.1) is 12.8 Å². The summed E-state index contributed by atoms with van der Waals surface area (Å²) in [4.78, 5) is 0. The molecule has 0 spiro atoms. The molecule has 0 aliphatic rings. The van der Waals surface area contributed by atoms with E-state index in [0.29, 0.717) is 5.92 Å². The van der Waals surface area contributed by atoms with Crippen molar-refractivity contribution in [3.05, 3.63) is 23.7 Å². The maximum Gasteiger partial charge on any atom is 0.122 e. The van der Waals surface area contributed by atoms with Crippen molar-refractivity contribution in [2.24, 2.45) is 5.92 Å². The van der Waals surface area contributed by atoms with E-state index in [1.807, 2.05) is 19.1 Å². The minimum atomic E-state index is 0.00343. The molecule has 1 aromatic heterocycles. The van der Waals surface area contributed by atoms with Crippen molar-refractivity contribution in [1.82, 2.24) is 0 Å². The van der Waals surface area contributed by atoms with Gasteiger partial charge in [-0.1, -0.05) is 13.8 Å². The number of hydrogen-bond donors (Lipinski definition) is 0. The first kappa shape index (κ1) is 8.66. The van der Waals surface area contributed by atoms with Crippen LogP contribution in [0.1, 0.15) is 30.7 Å². The molecule has 0 bridgehead atoms. The fourth-order valence-corrected chi connectivity index (χ4v) is 1.05. The summed E-state index contributed by atoms with van der Waals surface area (Å²) in [5.74, 6) is 2.22. The van der Waals surface area contributed by atoms with E-state index in [1.54, 1.807) is 0 Å². The third-order valence-corrected chi connectivity index (χ3v) is 2.34. The standard InChI is InChI=1S/C9H13ClO/c1-6(2)9(10)8-5-4-7(3)11-8/h4-6,9H,1-3H3. The molecule has 0 radical (unpaired) electrons. The van der Waals surface area contributed by atoms with E-state index in [-0.39, 0.29) is 5.38 Å². The summed E-state index contributed by atoms with van der Waals surface area (Å²) < 4.78 is 5.37. The maximum atomic E-state index is 6.06. The summed E-state index contributed by atoms with van der Waals surface area (Å²) in [5.41, 5.74) is 0. The second-order valence-electron chi connectivity index (χ2n) is 3.09. The highest BCUT2D eigenvalue weighted by atomic mass is 35.5. The Balaban J connectivity index is 2.76. The van der Waals surface area contributed by atoms with Crippen molar-refractivity contribution in [2.75, 3.05) is 0 Å². The fraction of sp³-hybridized carbons (Fsp3) is 0.556. The number of hydrogen-bond acceptors (Lipinski definition) is 1. The highest BCUT2D eigenvalue weighted by Gasteiger charge is 2.15. The Bertz CT molecular complexity index is 227. The van der Waals surface area contributed by atoms with Crippen LogP contribution in [0.4, 0.5) is 0 Å². The van der Waals surface area contributed by atoms with Crippen molar-refractivity contribution in [3.63, 3.8) is 0 Å². The number of halogens is 1. The molecule has 1 unspecified atom stereocenters. The predicted octanol–water partition coefficient (Wildman–Crippen LogP) is 3.52. The molecule has 1 nitrogen and oxygen atoms in total. The third-order valence-electron chi connectivity index (χ3n) is 1.62. The van der Waals surface area contributed by atoms with Crippen LogP contribution in [0.3, 0.4) is 0 Å². The minimum Gasteiger partial charge on any atom is -0.465 e. The monoisotopic (exact) mass is 172 g/mol. The van der Waals surface area contributed by atoms with E-state index in [4.69, 9.17) is 16.0 Å². The largest absolute Gasteiger partial charge is 0.465 e. The zero-order valence-corrected chi connectivity index (χ0v) is 7.85. The lowest BCUT2D eigenvalue weighted by atomic mass is 10.1. The third kappa shape index (κ3) is 2.00. The number of aryl methyl sites for hydroxylation is 1. The van der Waals surface area contributed by atoms with E-state index in [2.05, 4.69) is 13.8 Å². The van der Waals surface area contributed by atoms with E-state index >= 15 is 0 Å². The molecule has 0 aliphatic heterocycles. The number of furan rings is 1. The van der Waals surface area contributed by atoms with Gasteiger partial charge in [0.1, 0.15) is 11.5 Å². The summed E-state index contributed by atoms with van der Waals surface area (Å²) >= 11 is 6.06. The van der Waals surface area contributed by atoms with Crippen molar-refractivity contribution in [3.8, 4) is 0 Å². The molecule has 0 saturated carbocycles. The van der Waals surface area contributed by atoms with Crippen LogP contribution in [0.5, 0.6) is 0 Å². The van der Waals surface area contributed by atoms with Gasteiger partial charge >= 0.3 is 0 Å². The van der Waals surface area contributed by atoms with Gasteiger partial charge < -0.3 is 4.42 Å². The molecule has 0 aromatic carbocycles. The van der Waals surface area contributed by atoms with E-state index in [0.717, 1.165) is 11.5 Å². The lowest BCUT2D eigenvalue weighted by molar-refractivity contribution is 0.444. The molecule has 11 heavy (non-hydrogen) atoms. The number of alkyl halides is 1. The van der Waals surface area contributed by atoms with Gasteiger partial charge in [-0.05, 0) is 25.0 Å². The first-order chi connectivity index (χ1) is 5.11. The normalized spacial score (nSPS) is 13.9. The molecule has 1 heterocycles. The summed E-state index contributed by atoms with van der Waals surface area (Å²) in [6, 6.07) is 3.88. The average Bonchev–Trinajstić information content (AvgIpc) is 2.34. The van der Waals surface area contributed by atoms with Gasteiger partial charge in [0, 0.05) is 0 Å². The van der Waals surface area contributed by atoms with E-state index in [9.17, 15) is 0 Å². The van der Waals surface area contributed by atoms with Crippen LogP contribution in [-0.4, -0.2) is 0 Å². The zero-order valence-electron chi connectivity index (χ0n) is 7.10. The second kappa shape index (κ2) is 3.31. The fourth-order valence-electron chi connectivity index (χ4n) is 0.930. The summed E-state index contributed by atoms with van der Waals surface area (Å²) in [6.45, 7) is 6.08. The van der Waals surface area contributed by atoms with Gasteiger partial charge in [0.15, 0.2) is 0 Å². The van der Waals surface area contributed by atoms with Crippen LogP contribution in [0.15, 0.2) is 16.5 Å². The second-order valence-corrected chi connectivity index (χ2v) is 3.56. The topological polar surface area (TPSA) is 13.1 Å². The Morgan fingerprint density at radius 2 is 2.00 bits per heavy atom. The Hall–Kier alpha value is -0.430. The predicted molar refractivity (Wildman–Crippen MR) is 46.9 cm³/mol. The van der Waals surface area contributed by atoms with Gasteiger partial charge in [-0.3, -0.25) is 0 Å². The highest BCUT2D eigenvalue weighted by Crippen LogP contribution is 2.29. The van der Waals surface area contributed by atoms with Crippen molar-refractivity contribution < 1.29 is 4.42 Å². The first-order valence-electron chi connectivity index (χ1n) is 3.81. The Morgan fingerprint density at radius 3 is 2.36 bits per heavy atom. The lowest BCUT2D eigenvalue weighted by Gasteiger charge is -2.09. The molecule has 0 aliphatic carbocycles. The van der Waals surface area contributed by atoms with Crippen molar-refractivity contribution >= 4 is 11.6 Å². The molecule has 1 aromatic rings. The maximum absolute atomic E-state index is 6.06. The molecule has 2 heteroatoms. The summed E-state index contributed by atoms with van der Waals surface area (Å²) in [5, 5.41) is 0.00343. The first-order valence-corrected chi connectivity index (χ1v) is 4.25. The molecule has 0 amide bonds. The molecule has 0 saturated heterocycles. The van der Waals surface area contributed by atoms with Gasteiger partial charge in [-0.25, -0.2) is 0 Å². The highest BCUT2D eigenvalue weighted by molar-refractivity contribution is 6.20. The SMILES string of the molecule is Cc1ccc(C(Cl)C(C)C)o1.